The van der Waals surface area contributed by atoms with E-state index in [-0.39, 0.29) is 23.6 Å². The second-order valence-electron chi connectivity index (χ2n) is 8.20. The lowest BCUT2D eigenvalue weighted by atomic mass is 10.1. The summed E-state index contributed by atoms with van der Waals surface area (Å²) in [6, 6.07) is 13.6. The van der Waals surface area contributed by atoms with Gasteiger partial charge in [0.15, 0.2) is 0 Å². The Labute approximate surface area is 202 Å². The molecule has 0 radical (unpaired) electrons. The van der Waals surface area contributed by atoms with Crippen LogP contribution in [0.15, 0.2) is 58.4 Å². The first kappa shape index (κ1) is 23.2. The molecule has 1 saturated heterocycles. The van der Waals surface area contributed by atoms with E-state index in [2.05, 4.69) is 5.32 Å². The maximum absolute atomic E-state index is 13.5. The minimum Gasteiger partial charge on any atom is -0.363 e. The quantitative estimate of drug-likeness (QED) is 0.389. The number of aryl methyl sites for hydroxylation is 1. The average Bonchev–Trinajstić information content (AvgIpc) is 3.09. The Balaban J connectivity index is 1.84. The third kappa shape index (κ3) is 4.58. The standard InChI is InChI=1S/C25H26N4O2S2/c1-5-16(3)29-24(31)20(33-25(29)32)13-19-22(26-17(4)18-9-7-6-8-10-18)27-21-12-11-15(2)14-28(21)23(19)30/h6-14,16-17,26H,5H2,1-4H3/b20-13-/t16-,17+/m1/s1. The van der Waals surface area contributed by atoms with Gasteiger partial charge in [0, 0.05) is 18.3 Å². The fourth-order valence-corrected chi connectivity index (χ4v) is 5.15. The molecule has 0 unspecified atom stereocenters. The smallest absolute Gasteiger partial charge is 0.267 e. The normalized spacial score (nSPS) is 17.1. The topological polar surface area (TPSA) is 66.7 Å². The molecule has 2 atom stereocenters. The average molecular weight is 479 g/mol. The molecule has 3 aromatic rings. The fourth-order valence-electron chi connectivity index (χ4n) is 3.70. The van der Waals surface area contributed by atoms with Crippen LogP contribution in [-0.4, -0.2) is 30.6 Å². The third-order valence-corrected chi connectivity index (χ3v) is 7.12. The highest BCUT2D eigenvalue weighted by Gasteiger charge is 2.35. The number of amides is 1. The summed E-state index contributed by atoms with van der Waals surface area (Å²) >= 11 is 6.69. The molecule has 1 aromatic carbocycles. The van der Waals surface area contributed by atoms with Crippen molar-refractivity contribution in [3.05, 3.63) is 80.6 Å². The van der Waals surface area contributed by atoms with Gasteiger partial charge in [0.25, 0.3) is 11.5 Å². The number of aromatic nitrogens is 2. The molecule has 2 aromatic heterocycles. The zero-order valence-electron chi connectivity index (χ0n) is 19.0. The van der Waals surface area contributed by atoms with Gasteiger partial charge in [0.05, 0.1) is 10.5 Å². The highest BCUT2D eigenvalue weighted by atomic mass is 32.2. The van der Waals surface area contributed by atoms with E-state index in [4.69, 9.17) is 17.2 Å². The molecule has 1 N–H and O–H groups in total. The number of carbonyl (C=O) groups excluding carboxylic acids is 1. The number of thiocarbonyl (C=S) groups is 1. The number of carbonyl (C=O) groups is 1. The van der Waals surface area contributed by atoms with Crippen LogP contribution in [0, 0.1) is 6.92 Å². The van der Waals surface area contributed by atoms with Crippen molar-refractivity contribution >= 4 is 51.7 Å². The van der Waals surface area contributed by atoms with E-state index in [0.29, 0.717) is 26.3 Å². The number of rotatable bonds is 6. The lowest BCUT2D eigenvalue weighted by molar-refractivity contribution is -0.123. The fraction of sp³-hybridized carbons (Fsp3) is 0.280. The van der Waals surface area contributed by atoms with E-state index in [1.54, 1.807) is 17.2 Å². The van der Waals surface area contributed by atoms with Crippen molar-refractivity contribution in [3.63, 3.8) is 0 Å². The Morgan fingerprint density at radius 2 is 1.88 bits per heavy atom. The van der Waals surface area contributed by atoms with Gasteiger partial charge in [-0.15, -0.1) is 0 Å². The molecule has 8 heteroatoms. The summed E-state index contributed by atoms with van der Waals surface area (Å²) in [6.07, 6.45) is 4.18. The maximum Gasteiger partial charge on any atom is 0.267 e. The van der Waals surface area contributed by atoms with E-state index >= 15 is 0 Å². The van der Waals surface area contributed by atoms with Crippen molar-refractivity contribution in [1.29, 1.82) is 0 Å². The van der Waals surface area contributed by atoms with Gasteiger partial charge in [-0.3, -0.25) is 18.9 Å². The Hall–Kier alpha value is -2.97. The van der Waals surface area contributed by atoms with Crippen LogP contribution in [0.2, 0.25) is 0 Å². The van der Waals surface area contributed by atoms with Gasteiger partial charge in [-0.1, -0.05) is 67.3 Å². The summed E-state index contributed by atoms with van der Waals surface area (Å²) in [5.74, 6) is 0.268. The number of nitrogens with zero attached hydrogens (tertiary/aromatic N) is 3. The first-order valence-corrected chi connectivity index (χ1v) is 12.1. The number of fused-ring (bicyclic) bond motifs is 1. The van der Waals surface area contributed by atoms with E-state index in [9.17, 15) is 9.59 Å². The van der Waals surface area contributed by atoms with E-state index in [0.717, 1.165) is 17.5 Å². The SMILES string of the molecule is CC[C@@H](C)N1C(=O)/C(=C/c2c(N[C@@H](C)c3ccccc3)nc3ccc(C)cn3c2=O)SC1=S. The largest absolute Gasteiger partial charge is 0.363 e. The molecule has 0 bridgehead atoms. The summed E-state index contributed by atoms with van der Waals surface area (Å²) in [6.45, 7) is 7.92. The predicted molar refractivity (Wildman–Crippen MR) is 139 cm³/mol. The van der Waals surface area contributed by atoms with Crippen molar-refractivity contribution < 1.29 is 4.79 Å². The summed E-state index contributed by atoms with van der Waals surface area (Å²) in [5, 5.41) is 3.38. The number of hydrogen-bond donors (Lipinski definition) is 1. The zero-order valence-corrected chi connectivity index (χ0v) is 20.7. The third-order valence-electron chi connectivity index (χ3n) is 5.79. The van der Waals surface area contributed by atoms with Crippen LogP contribution in [0.3, 0.4) is 0 Å². The highest BCUT2D eigenvalue weighted by Crippen LogP contribution is 2.35. The van der Waals surface area contributed by atoms with Gasteiger partial charge in [0.1, 0.15) is 15.8 Å². The molecule has 1 aliphatic rings. The molecule has 0 aliphatic carbocycles. The van der Waals surface area contributed by atoms with Gasteiger partial charge in [0.2, 0.25) is 0 Å². The van der Waals surface area contributed by atoms with Crippen molar-refractivity contribution in [3.8, 4) is 0 Å². The Kier molecular flexibility index (Phi) is 6.67. The lowest BCUT2D eigenvalue weighted by Gasteiger charge is -2.21. The van der Waals surface area contributed by atoms with E-state index < -0.39 is 0 Å². The molecule has 1 aliphatic heterocycles. The van der Waals surface area contributed by atoms with E-state index in [1.165, 1.54) is 16.2 Å². The van der Waals surface area contributed by atoms with Crippen LogP contribution >= 0.6 is 24.0 Å². The van der Waals surface area contributed by atoms with Crippen molar-refractivity contribution in [2.24, 2.45) is 0 Å². The number of hydrogen-bond acceptors (Lipinski definition) is 6. The minimum absolute atomic E-state index is 0.00225. The number of benzene rings is 1. The molecule has 1 fully saturated rings. The van der Waals surface area contributed by atoms with Crippen LogP contribution in [0.1, 0.15) is 49.9 Å². The van der Waals surface area contributed by atoms with Crippen molar-refractivity contribution in [2.45, 2.75) is 46.2 Å². The van der Waals surface area contributed by atoms with Crippen LogP contribution in [0.25, 0.3) is 11.7 Å². The summed E-state index contributed by atoms with van der Waals surface area (Å²) in [5.41, 5.74) is 2.65. The van der Waals surface area contributed by atoms with Crippen LogP contribution < -0.4 is 10.9 Å². The van der Waals surface area contributed by atoms with Crippen molar-refractivity contribution in [2.75, 3.05) is 5.32 Å². The second-order valence-corrected chi connectivity index (χ2v) is 9.88. The Morgan fingerprint density at radius 1 is 1.15 bits per heavy atom. The van der Waals surface area contributed by atoms with Gasteiger partial charge in [-0.25, -0.2) is 4.98 Å². The molecule has 1 amide bonds. The van der Waals surface area contributed by atoms with Crippen LogP contribution in [0.5, 0.6) is 0 Å². The van der Waals surface area contributed by atoms with Crippen molar-refractivity contribution in [1.82, 2.24) is 14.3 Å². The molecule has 170 valence electrons. The molecular weight excluding hydrogens is 452 g/mol. The first-order chi connectivity index (χ1) is 15.8. The molecule has 3 heterocycles. The van der Waals surface area contributed by atoms with Crippen LogP contribution in [0.4, 0.5) is 5.82 Å². The lowest BCUT2D eigenvalue weighted by Crippen LogP contribution is -2.36. The monoisotopic (exact) mass is 478 g/mol. The van der Waals surface area contributed by atoms with Gasteiger partial charge >= 0.3 is 0 Å². The number of pyridine rings is 1. The summed E-state index contributed by atoms with van der Waals surface area (Å²) in [7, 11) is 0. The summed E-state index contributed by atoms with van der Waals surface area (Å²) in [4.78, 5) is 33.4. The number of nitrogens with one attached hydrogen (secondary N) is 1. The molecule has 33 heavy (non-hydrogen) atoms. The number of thioether (sulfide) groups is 1. The Morgan fingerprint density at radius 3 is 2.58 bits per heavy atom. The van der Waals surface area contributed by atoms with Gasteiger partial charge in [-0.05, 0) is 50.5 Å². The molecular formula is C25H26N4O2S2. The Bertz CT molecular complexity index is 1320. The predicted octanol–water partition coefficient (Wildman–Crippen LogP) is 5.18. The van der Waals surface area contributed by atoms with E-state index in [1.807, 2.05) is 70.2 Å². The zero-order chi connectivity index (χ0) is 23.7. The second kappa shape index (κ2) is 9.49. The molecule has 6 nitrogen and oxygen atoms in total. The van der Waals surface area contributed by atoms with Gasteiger partial charge in [-0.2, -0.15) is 0 Å². The molecule has 4 rings (SSSR count). The number of anilines is 1. The summed E-state index contributed by atoms with van der Waals surface area (Å²) < 4.78 is 2.03. The van der Waals surface area contributed by atoms with Crippen LogP contribution in [-0.2, 0) is 4.79 Å². The highest BCUT2D eigenvalue weighted by molar-refractivity contribution is 8.26. The molecule has 0 saturated carbocycles. The maximum atomic E-state index is 13.5. The minimum atomic E-state index is -0.236. The molecule has 0 spiro atoms. The first-order valence-electron chi connectivity index (χ1n) is 10.9. The van der Waals surface area contributed by atoms with Gasteiger partial charge < -0.3 is 5.32 Å².